The lowest BCUT2D eigenvalue weighted by molar-refractivity contribution is 0.0952. The molecule has 0 spiro atoms. The summed E-state index contributed by atoms with van der Waals surface area (Å²) in [6.07, 6.45) is 0. The van der Waals surface area contributed by atoms with Crippen LogP contribution in [0.25, 0.3) is 10.9 Å². The van der Waals surface area contributed by atoms with Crippen molar-refractivity contribution in [1.82, 2.24) is 10.3 Å². The van der Waals surface area contributed by atoms with Crippen LogP contribution >= 0.6 is 0 Å². The van der Waals surface area contributed by atoms with Gasteiger partial charge in [0.05, 0.1) is 0 Å². The Morgan fingerprint density at radius 2 is 2.11 bits per heavy atom. The van der Waals surface area contributed by atoms with Gasteiger partial charge in [-0.1, -0.05) is 24.3 Å². The predicted octanol–water partition coefficient (Wildman–Crippen LogP) is 1.83. The zero-order valence-corrected chi connectivity index (χ0v) is 10.1. The van der Waals surface area contributed by atoms with Crippen LogP contribution in [0, 0.1) is 0 Å². The van der Waals surface area contributed by atoms with Crippen LogP contribution in [0.5, 0.6) is 0 Å². The third-order valence-corrected chi connectivity index (χ3v) is 2.53. The number of nitrogens with one attached hydrogen (secondary N) is 2. The number of benzene rings is 1. The first kappa shape index (κ1) is 12.1. The molecule has 92 valence electrons. The second-order valence-electron chi connectivity index (χ2n) is 4.23. The standard InChI is InChI=1S/C14H14N2O2/c1-9(2)8-15-14(18)12-7-13(17)10-5-3-4-6-11(10)16-12/h3-7H,1,8H2,2H3,(H,15,18)(H,16,17). The first-order valence-corrected chi connectivity index (χ1v) is 5.62. The Bertz CT molecular complexity index is 671. The molecule has 0 bridgehead atoms. The Hall–Kier alpha value is -2.36. The molecule has 4 heteroatoms. The predicted molar refractivity (Wildman–Crippen MR) is 71.7 cm³/mol. The molecule has 1 aromatic carbocycles. The maximum Gasteiger partial charge on any atom is 0.268 e. The fraction of sp³-hybridized carbons (Fsp3) is 0.143. The molecule has 0 atom stereocenters. The zero-order valence-electron chi connectivity index (χ0n) is 10.1. The maximum atomic E-state index is 11.8. The molecule has 2 aromatic rings. The van der Waals surface area contributed by atoms with Gasteiger partial charge in [-0.05, 0) is 19.1 Å². The third kappa shape index (κ3) is 2.48. The lowest BCUT2D eigenvalue weighted by Gasteiger charge is -2.06. The highest BCUT2D eigenvalue weighted by Crippen LogP contribution is 2.07. The second kappa shape index (κ2) is 4.87. The number of rotatable bonds is 3. The normalized spacial score (nSPS) is 10.3. The molecule has 0 saturated heterocycles. The number of aromatic nitrogens is 1. The number of pyridine rings is 1. The molecule has 1 amide bonds. The van der Waals surface area contributed by atoms with Crippen molar-refractivity contribution in [1.29, 1.82) is 0 Å². The van der Waals surface area contributed by atoms with E-state index in [2.05, 4.69) is 16.9 Å². The van der Waals surface area contributed by atoms with Crippen LogP contribution in [0.4, 0.5) is 0 Å². The van der Waals surface area contributed by atoms with E-state index < -0.39 is 0 Å². The van der Waals surface area contributed by atoms with Crippen LogP contribution in [0.15, 0.2) is 47.3 Å². The molecule has 0 unspecified atom stereocenters. The van der Waals surface area contributed by atoms with Crippen LogP contribution in [0.3, 0.4) is 0 Å². The minimum Gasteiger partial charge on any atom is -0.350 e. The van der Waals surface area contributed by atoms with E-state index in [1.54, 1.807) is 18.2 Å². The average Bonchev–Trinajstić information content (AvgIpc) is 2.36. The van der Waals surface area contributed by atoms with E-state index in [0.29, 0.717) is 17.4 Å². The highest BCUT2D eigenvalue weighted by Gasteiger charge is 2.08. The van der Waals surface area contributed by atoms with Gasteiger partial charge in [0, 0.05) is 23.5 Å². The Labute approximate surface area is 104 Å². The van der Waals surface area contributed by atoms with E-state index in [1.807, 2.05) is 13.0 Å². The molecule has 1 aromatic heterocycles. The van der Waals surface area contributed by atoms with Gasteiger partial charge < -0.3 is 10.3 Å². The van der Waals surface area contributed by atoms with Gasteiger partial charge in [0.25, 0.3) is 5.91 Å². The van der Waals surface area contributed by atoms with Crippen LogP contribution < -0.4 is 10.7 Å². The number of hydrogen-bond donors (Lipinski definition) is 2. The Morgan fingerprint density at radius 1 is 1.39 bits per heavy atom. The maximum absolute atomic E-state index is 11.8. The van der Waals surface area contributed by atoms with Gasteiger partial charge in [0.1, 0.15) is 5.69 Å². The summed E-state index contributed by atoms with van der Waals surface area (Å²) in [6.45, 7) is 5.92. The molecule has 2 rings (SSSR count). The fourth-order valence-electron chi connectivity index (χ4n) is 1.65. The van der Waals surface area contributed by atoms with Crippen LogP contribution in [-0.4, -0.2) is 17.4 Å². The van der Waals surface area contributed by atoms with Crippen LogP contribution in [0.1, 0.15) is 17.4 Å². The summed E-state index contributed by atoms with van der Waals surface area (Å²) in [5, 5.41) is 3.26. The Morgan fingerprint density at radius 3 is 2.83 bits per heavy atom. The van der Waals surface area contributed by atoms with E-state index in [4.69, 9.17) is 0 Å². The Balaban J connectivity index is 2.37. The SMILES string of the molecule is C=C(C)CNC(=O)c1cc(=O)c2ccccc2[nH]1. The highest BCUT2D eigenvalue weighted by molar-refractivity contribution is 5.94. The average molecular weight is 242 g/mol. The molecule has 0 fully saturated rings. The van der Waals surface area contributed by atoms with Crippen molar-refractivity contribution in [3.8, 4) is 0 Å². The molecular formula is C14H14N2O2. The third-order valence-electron chi connectivity index (χ3n) is 2.53. The molecule has 0 aliphatic rings. The number of H-pyrrole nitrogens is 1. The van der Waals surface area contributed by atoms with Crippen molar-refractivity contribution in [3.05, 3.63) is 58.4 Å². The molecule has 0 radical (unpaired) electrons. The smallest absolute Gasteiger partial charge is 0.268 e. The lowest BCUT2D eigenvalue weighted by Crippen LogP contribution is -2.26. The van der Waals surface area contributed by atoms with Gasteiger partial charge in [-0.2, -0.15) is 0 Å². The molecular weight excluding hydrogens is 228 g/mol. The van der Waals surface area contributed by atoms with E-state index in [9.17, 15) is 9.59 Å². The van der Waals surface area contributed by atoms with E-state index >= 15 is 0 Å². The van der Waals surface area contributed by atoms with Crippen LogP contribution in [0.2, 0.25) is 0 Å². The van der Waals surface area contributed by atoms with Crippen molar-refractivity contribution in [2.45, 2.75) is 6.92 Å². The number of amides is 1. The largest absolute Gasteiger partial charge is 0.350 e. The fourth-order valence-corrected chi connectivity index (χ4v) is 1.65. The topological polar surface area (TPSA) is 62.0 Å². The van der Waals surface area contributed by atoms with Crippen molar-refractivity contribution >= 4 is 16.8 Å². The first-order valence-electron chi connectivity index (χ1n) is 5.62. The lowest BCUT2D eigenvalue weighted by atomic mass is 10.2. The number of aromatic amines is 1. The van der Waals surface area contributed by atoms with E-state index in [1.165, 1.54) is 6.07 Å². The van der Waals surface area contributed by atoms with Gasteiger partial charge in [0.15, 0.2) is 5.43 Å². The van der Waals surface area contributed by atoms with Gasteiger partial charge in [0.2, 0.25) is 0 Å². The molecule has 4 nitrogen and oxygen atoms in total. The summed E-state index contributed by atoms with van der Waals surface area (Å²) in [6, 6.07) is 8.42. The van der Waals surface area contributed by atoms with Crippen molar-refractivity contribution in [2.24, 2.45) is 0 Å². The minimum absolute atomic E-state index is 0.162. The number of carbonyl (C=O) groups excluding carboxylic acids is 1. The number of hydrogen-bond acceptors (Lipinski definition) is 2. The van der Waals surface area contributed by atoms with E-state index in [-0.39, 0.29) is 17.0 Å². The quantitative estimate of drug-likeness (QED) is 0.807. The second-order valence-corrected chi connectivity index (χ2v) is 4.23. The van der Waals surface area contributed by atoms with Crippen molar-refractivity contribution < 1.29 is 4.79 Å². The first-order chi connectivity index (χ1) is 8.58. The number of fused-ring (bicyclic) bond motifs is 1. The summed E-state index contributed by atoms with van der Waals surface area (Å²) in [5.41, 5.74) is 1.61. The van der Waals surface area contributed by atoms with Gasteiger partial charge in [-0.15, -0.1) is 0 Å². The molecule has 0 saturated carbocycles. The van der Waals surface area contributed by atoms with Crippen molar-refractivity contribution in [3.63, 3.8) is 0 Å². The van der Waals surface area contributed by atoms with Crippen molar-refractivity contribution in [2.75, 3.05) is 6.54 Å². The minimum atomic E-state index is -0.305. The van der Waals surface area contributed by atoms with Crippen LogP contribution in [-0.2, 0) is 0 Å². The number of carbonyl (C=O) groups is 1. The summed E-state index contributed by atoms with van der Waals surface area (Å²) in [5.74, 6) is -0.305. The summed E-state index contributed by atoms with van der Waals surface area (Å²) in [7, 11) is 0. The zero-order chi connectivity index (χ0) is 13.1. The number of para-hydroxylation sites is 1. The highest BCUT2D eigenvalue weighted by atomic mass is 16.2. The summed E-state index contributed by atoms with van der Waals surface area (Å²) in [4.78, 5) is 26.6. The molecule has 0 aliphatic carbocycles. The monoisotopic (exact) mass is 242 g/mol. The summed E-state index contributed by atoms with van der Waals surface area (Å²) >= 11 is 0. The Kier molecular flexibility index (Phi) is 3.28. The molecule has 1 heterocycles. The molecule has 0 aliphatic heterocycles. The molecule has 2 N–H and O–H groups in total. The van der Waals surface area contributed by atoms with Gasteiger partial charge >= 0.3 is 0 Å². The molecule has 18 heavy (non-hydrogen) atoms. The summed E-state index contributed by atoms with van der Waals surface area (Å²) < 4.78 is 0. The van der Waals surface area contributed by atoms with Gasteiger partial charge in [-0.3, -0.25) is 9.59 Å². The van der Waals surface area contributed by atoms with E-state index in [0.717, 1.165) is 5.57 Å². The van der Waals surface area contributed by atoms with Gasteiger partial charge in [-0.25, -0.2) is 0 Å².